The van der Waals surface area contributed by atoms with Gasteiger partial charge in [0.1, 0.15) is 5.75 Å². The Morgan fingerprint density at radius 1 is 1.12 bits per heavy atom. The van der Waals surface area contributed by atoms with E-state index in [1.807, 2.05) is 0 Å². The predicted octanol–water partition coefficient (Wildman–Crippen LogP) is 1.67. The highest BCUT2D eigenvalue weighted by molar-refractivity contribution is 6.33. The molecule has 0 unspecified atom stereocenters. The molecule has 0 radical (unpaired) electrons. The van der Waals surface area contributed by atoms with Crippen molar-refractivity contribution >= 4 is 35.0 Å². The number of benzene rings is 1. The topological polar surface area (TPSA) is 117 Å². The van der Waals surface area contributed by atoms with Crippen molar-refractivity contribution in [1.29, 1.82) is 0 Å². The number of carbonyl (C=O) groups is 3. The number of nitrogens with two attached hydrogens (primary N) is 1. The van der Waals surface area contributed by atoms with Crippen LogP contribution in [0.5, 0.6) is 5.75 Å². The lowest BCUT2D eigenvalue weighted by Crippen LogP contribution is -2.47. The Balaban J connectivity index is 1.41. The van der Waals surface area contributed by atoms with Crippen molar-refractivity contribution < 1.29 is 19.1 Å². The van der Waals surface area contributed by atoms with Crippen LogP contribution in [0, 0.1) is 5.92 Å². The van der Waals surface area contributed by atoms with Gasteiger partial charge in [0.15, 0.2) is 0 Å². The van der Waals surface area contributed by atoms with E-state index >= 15 is 0 Å². The molecule has 2 aliphatic heterocycles. The number of rotatable bonds is 7. The minimum atomic E-state index is -0.278. The van der Waals surface area contributed by atoms with Gasteiger partial charge >= 0.3 is 0 Å². The van der Waals surface area contributed by atoms with Crippen LogP contribution < -0.4 is 21.1 Å². The van der Waals surface area contributed by atoms with Crippen molar-refractivity contribution in [3.63, 3.8) is 0 Å². The van der Waals surface area contributed by atoms with Crippen LogP contribution in [0.1, 0.15) is 36.0 Å². The number of nitrogen functional groups attached to an aromatic ring is 1. The van der Waals surface area contributed by atoms with Crippen molar-refractivity contribution in [2.24, 2.45) is 5.92 Å². The van der Waals surface area contributed by atoms with Gasteiger partial charge in [-0.25, -0.2) is 0 Å². The van der Waals surface area contributed by atoms with Crippen molar-refractivity contribution in [3.8, 4) is 5.75 Å². The summed E-state index contributed by atoms with van der Waals surface area (Å²) in [7, 11) is 3.03. The van der Waals surface area contributed by atoms with Gasteiger partial charge in [0.2, 0.25) is 11.8 Å². The third kappa shape index (κ3) is 6.87. The zero-order valence-corrected chi connectivity index (χ0v) is 20.6. The van der Waals surface area contributed by atoms with E-state index in [1.54, 1.807) is 17.0 Å². The van der Waals surface area contributed by atoms with Crippen LogP contribution >= 0.6 is 11.6 Å². The molecule has 2 saturated heterocycles. The van der Waals surface area contributed by atoms with Gasteiger partial charge < -0.3 is 30.9 Å². The number of nitrogens with zero attached hydrogens (tertiary/aromatic N) is 2. The minimum Gasteiger partial charge on any atom is -0.496 e. The van der Waals surface area contributed by atoms with Crippen LogP contribution in [0.15, 0.2) is 24.3 Å². The van der Waals surface area contributed by atoms with Crippen molar-refractivity contribution in [2.75, 3.05) is 52.6 Å². The van der Waals surface area contributed by atoms with E-state index < -0.39 is 0 Å². The summed E-state index contributed by atoms with van der Waals surface area (Å²) < 4.78 is 5.29. The lowest BCUT2D eigenvalue weighted by Gasteiger charge is -2.37. The zero-order chi connectivity index (χ0) is 24.7. The number of likely N-dealkylation sites (tertiary alicyclic amines) is 2. The summed E-state index contributed by atoms with van der Waals surface area (Å²) in [5, 5.41) is 5.89. The van der Waals surface area contributed by atoms with Crippen LogP contribution in [0.25, 0.3) is 0 Å². The fourth-order valence-corrected chi connectivity index (χ4v) is 4.64. The third-order valence-electron chi connectivity index (χ3n) is 6.55. The highest BCUT2D eigenvalue weighted by Gasteiger charge is 2.27. The van der Waals surface area contributed by atoms with Crippen LogP contribution in [0.3, 0.4) is 0 Å². The molecule has 2 aliphatic rings. The van der Waals surface area contributed by atoms with Crippen molar-refractivity contribution in [1.82, 2.24) is 20.4 Å². The monoisotopic (exact) mass is 491 g/mol. The number of methoxy groups -OCH3 is 1. The number of hydrogen-bond acceptors (Lipinski definition) is 6. The number of ether oxygens (including phenoxy) is 1. The Bertz CT molecular complexity index is 922. The first-order valence-electron chi connectivity index (χ1n) is 11.7. The Hall–Kier alpha value is -2.78. The molecule has 0 spiro atoms. The maximum Gasteiger partial charge on any atom is 0.255 e. The second-order valence-corrected chi connectivity index (χ2v) is 9.25. The fraction of sp³-hybridized carbons (Fsp3) is 0.542. The summed E-state index contributed by atoms with van der Waals surface area (Å²) >= 11 is 6.09. The van der Waals surface area contributed by atoms with Gasteiger partial charge in [0.05, 0.1) is 23.4 Å². The summed E-state index contributed by atoms with van der Waals surface area (Å²) in [4.78, 5) is 40.5. The van der Waals surface area contributed by atoms with Crippen molar-refractivity contribution in [3.05, 3.63) is 34.9 Å². The van der Waals surface area contributed by atoms with E-state index in [1.165, 1.54) is 26.3 Å². The summed E-state index contributed by atoms with van der Waals surface area (Å²) in [5.74, 6) is 0.349. The first kappa shape index (κ1) is 25.8. The van der Waals surface area contributed by atoms with Crippen LogP contribution in [0.4, 0.5) is 5.69 Å². The molecular formula is C24H34ClN5O4. The first-order chi connectivity index (χ1) is 16.3. The molecule has 0 saturated carbocycles. The summed E-state index contributed by atoms with van der Waals surface area (Å²) in [5.41, 5.74) is 6.57. The standard InChI is InChI=1S/C24H34ClN5O4/c1-27-22(31)3-4-23(32)30-11-5-16(6-12-30)15-29-9-7-17(8-10-29)28-24(33)18-13-19(25)20(26)14-21(18)34-2/h3-4,13-14,16-17H,5-12,15,26H2,1-2H3,(H,27,31)(H,28,33)/b4-3+. The number of amides is 3. The molecule has 2 heterocycles. The van der Waals surface area contributed by atoms with E-state index in [2.05, 4.69) is 15.5 Å². The SMILES string of the molecule is CNC(=O)/C=C/C(=O)N1CCC(CN2CCC(NC(=O)c3cc(Cl)c(N)cc3OC)CC2)CC1. The molecule has 0 aliphatic carbocycles. The molecule has 1 aromatic carbocycles. The number of anilines is 1. The smallest absolute Gasteiger partial charge is 0.255 e. The summed E-state index contributed by atoms with van der Waals surface area (Å²) in [6.45, 7) is 4.25. The molecule has 2 fully saturated rings. The molecule has 0 bridgehead atoms. The van der Waals surface area contributed by atoms with Gasteiger partial charge in [-0.1, -0.05) is 11.6 Å². The third-order valence-corrected chi connectivity index (χ3v) is 6.88. The number of halogens is 1. The van der Waals surface area contributed by atoms with Gasteiger partial charge in [-0.3, -0.25) is 14.4 Å². The van der Waals surface area contributed by atoms with Gasteiger partial charge in [0.25, 0.3) is 5.91 Å². The predicted molar refractivity (Wildman–Crippen MR) is 132 cm³/mol. The molecule has 0 aromatic heterocycles. The molecule has 4 N–H and O–H groups in total. The van der Waals surface area contributed by atoms with Gasteiger partial charge in [-0.05, 0) is 37.7 Å². The number of piperidine rings is 2. The molecule has 3 rings (SSSR count). The highest BCUT2D eigenvalue weighted by atomic mass is 35.5. The molecule has 186 valence electrons. The molecule has 34 heavy (non-hydrogen) atoms. The molecular weight excluding hydrogens is 458 g/mol. The Kier molecular flexibility index (Phi) is 9.18. The van der Waals surface area contributed by atoms with Crippen LogP contribution in [-0.4, -0.2) is 80.4 Å². The van der Waals surface area contributed by atoms with E-state index in [-0.39, 0.29) is 23.8 Å². The number of carbonyl (C=O) groups excluding carboxylic acids is 3. The van der Waals surface area contributed by atoms with Crippen molar-refractivity contribution in [2.45, 2.75) is 31.7 Å². The molecule has 3 amide bonds. The molecule has 1 aromatic rings. The minimum absolute atomic E-state index is 0.0939. The van der Waals surface area contributed by atoms with Crippen LogP contribution in [0.2, 0.25) is 5.02 Å². The molecule has 0 atom stereocenters. The average molecular weight is 492 g/mol. The number of nitrogens with one attached hydrogen (secondary N) is 2. The second kappa shape index (κ2) is 12.1. The highest BCUT2D eigenvalue weighted by Crippen LogP contribution is 2.29. The Morgan fingerprint density at radius 3 is 2.41 bits per heavy atom. The average Bonchev–Trinajstić information content (AvgIpc) is 2.85. The summed E-state index contributed by atoms with van der Waals surface area (Å²) in [6.07, 6.45) is 6.26. The summed E-state index contributed by atoms with van der Waals surface area (Å²) in [6, 6.07) is 3.21. The zero-order valence-electron chi connectivity index (χ0n) is 19.8. The lowest BCUT2D eigenvalue weighted by atomic mass is 9.94. The fourth-order valence-electron chi connectivity index (χ4n) is 4.48. The Labute approximate surface area is 205 Å². The van der Waals surface area contributed by atoms with E-state index in [0.717, 1.165) is 45.3 Å². The quantitative estimate of drug-likeness (QED) is 0.394. The second-order valence-electron chi connectivity index (χ2n) is 8.84. The first-order valence-corrected chi connectivity index (χ1v) is 12.0. The Morgan fingerprint density at radius 2 is 1.79 bits per heavy atom. The maximum absolute atomic E-state index is 12.8. The largest absolute Gasteiger partial charge is 0.496 e. The van der Waals surface area contributed by atoms with Gasteiger partial charge in [-0.15, -0.1) is 0 Å². The van der Waals surface area contributed by atoms with E-state index in [0.29, 0.717) is 41.0 Å². The van der Waals surface area contributed by atoms with E-state index in [4.69, 9.17) is 22.1 Å². The van der Waals surface area contributed by atoms with Crippen LogP contribution in [-0.2, 0) is 9.59 Å². The van der Waals surface area contributed by atoms with Gasteiger partial charge in [0, 0.05) is 64.0 Å². The maximum atomic E-state index is 12.8. The number of hydrogen-bond donors (Lipinski definition) is 3. The lowest BCUT2D eigenvalue weighted by molar-refractivity contribution is -0.127. The molecule has 9 nitrogen and oxygen atoms in total. The molecule has 10 heteroatoms. The van der Waals surface area contributed by atoms with E-state index in [9.17, 15) is 14.4 Å². The normalized spacial score (nSPS) is 18.1. The number of likely N-dealkylation sites (N-methyl/N-ethyl adjacent to an activating group) is 1. The van der Waals surface area contributed by atoms with Gasteiger partial charge in [-0.2, -0.15) is 0 Å².